The number of nitrogens with one attached hydrogen (secondary N) is 2. The zero-order valence-corrected chi connectivity index (χ0v) is 14.9. The predicted molar refractivity (Wildman–Crippen MR) is 97.1 cm³/mol. The van der Waals surface area contributed by atoms with Gasteiger partial charge in [0, 0.05) is 16.1 Å². The molecule has 0 fully saturated rings. The molecule has 0 atom stereocenters. The Kier molecular flexibility index (Phi) is 7.06. The minimum absolute atomic E-state index is 0.306. The number of halogens is 3. The van der Waals surface area contributed by atoms with E-state index in [0.29, 0.717) is 26.2 Å². The molecule has 2 amide bonds. The number of amides is 2. The Balaban J connectivity index is 1.77. The zero-order valence-electron chi connectivity index (χ0n) is 12.6. The lowest BCUT2D eigenvalue weighted by Crippen LogP contribution is -2.43. The molecule has 0 spiro atoms. The lowest BCUT2D eigenvalue weighted by atomic mass is 10.2. The summed E-state index contributed by atoms with van der Waals surface area (Å²) in [6, 6.07) is 11.3. The lowest BCUT2D eigenvalue weighted by Gasteiger charge is -2.07. The second kappa shape index (κ2) is 9.27. The van der Waals surface area contributed by atoms with Crippen LogP contribution in [0.5, 0.6) is 0 Å². The molecule has 0 radical (unpaired) electrons. The summed E-state index contributed by atoms with van der Waals surface area (Å²) in [5.74, 6) is -1.11. The smallest absolute Gasteiger partial charge is 0.279 e. The van der Waals surface area contributed by atoms with Crippen LogP contribution in [0.25, 0.3) is 0 Å². The Labute approximate surface area is 158 Å². The number of hydrazine groups is 1. The highest BCUT2D eigenvalue weighted by molar-refractivity contribution is 6.38. The second-order valence-electron chi connectivity index (χ2n) is 4.66. The topological polar surface area (TPSA) is 79.8 Å². The number of carbonyl (C=O) groups is 2. The van der Waals surface area contributed by atoms with Gasteiger partial charge in [-0.15, -0.1) is 0 Å². The van der Waals surface area contributed by atoms with E-state index in [1.807, 2.05) is 0 Å². The van der Waals surface area contributed by atoms with Crippen LogP contribution in [-0.2, 0) is 9.63 Å². The maximum absolute atomic E-state index is 11.8. The van der Waals surface area contributed by atoms with E-state index in [2.05, 4.69) is 16.0 Å². The standard InChI is InChI=1S/C16H12Cl3N3O3/c17-11-4-1-3-10(7-11)16(24)22-21-15(23)9-25-20-8-12-13(18)5-2-6-14(12)19/h1-8H,9H2,(H,21,23)(H,22,24). The monoisotopic (exact) mass is 399 g/mol. The SMILES string of the molecule is O=C(CON=Cc1c(Cl)cccc1Cl)NNC(=O)c1cccc(Cl)c1. The zero-order chi connectivity index (χ0) is 18.2. The highest BCUT2D eigenvalue weighted by Gasteiger charge is 2.08. The Hall–Kier alpha value is -2.28. The first-order valence-corrected chi connectivity index (χ1v) is 8.05. The van der Waals surface area contributed by atoms with E-state index in [1.165, 1.54) is 12.3 Å². The maximum Gasteiger partial charge on any atom is 0.279 e. The van der Waals surface area contributed by atoms with Crippen LogP contribution in [0.2, 0.25) is 15.1 Å². The second-order valence-corrected chi connectivity index (χ2v) is 5.91. The summed E-state index contributed by atoms with van der Waals surface area (Å²) < 4.78 is 0. The molecule has 25 heavy (non-hydrogen) atoms. The van der Waals surface area contributed by atoms with Crippen molar-refractivity contribution < 1.29 is 14.4 Å². The van der Waals surface area contributed by atoms with Gasteiger partial charge in [0.2, 0.25) is 0 Å². The number of hydrogen-bond acceptors (Lipinski definition) is 4. The Morgan fingerprint density at radius 1 is 1.04 bits per heavy atom. The van der Waals surface area contributed by atoms with Crippen LogP contribution < -0.4 is 10.9 Å². The fraction of sp³-hybridized carbons (Fsp3) is 0.0625. The number of benzene rings is 2. The van der Waals surface area contributed by atoms with Crippen molar-refractivity contribution in [1.82, 2.24) is 10.9 Å². The van der Waals surface area contributed by atoms with Crippen LogP contribution in [-0.4, -0.2) is 24.6 Å². The van der Waals surface area contributed by atoms with E-state index < -0.39 is 18.4 Å². The molecule has 9 heteroatoms. The van der Waals surface area contributed by atoms with Gasteiger partial charge in [0.25, 0.3) is 11.8 Å². The average molecular weight is 401 g/mol. The molecule has 2 aromatic carbocycles. The normalized spacial score (nSPS) is 10.5. The molecular weight excluding hydrogens is 389 g/mol. The van der Waals surface area contributed by atoms with E-state index in [4.69, 9.17) is 39.6 Å². The van der Waals surface area contributed by atoms with Gasteiger partial charge in [-0.3, -0.25) is 20.4 Å². The van der Waals surface area contributed by atoms with Crippen molar-refractivity contribution in [2.45, 2.75) is 0 Å². The van der Waals surface area contributed by atoms with E-state index in [0.717, 1.165) is 0 Å². The summed E-state index contributed by atoms with van der Waals surface area (Å²) in [7, 11) is 0. The van der Waals surface area contributed by atoms with Crippen LogP contribution in [0, 0.1) is 0 Å². The number of rotatable bonds is 5. The van der Waals surface area contributed by atoms with Crippen molar-refractivity contribution in [3.63, 3.8) is 0 Å². The fourth-order valence-electron chi connectivity index (χ4n) is 1.68. The average Bonchev–Trinajstić information content (AvgIpc) is 2.58. The Bertz CT molecular complexity index is 792. The molecule has 0 aliphatic carbocycles. The van der Waals surface area contributed by atoms with Crippen LogP contribution in [0.1, 0.15) is 15.9 Å². The first-order valence-electron chi connectivity index (χ1n) is 6.91. The van der Waals surface area contributed by atoms with Gasteiger partial charge in [0.05, 0.1) is 16.3 Å². The van der Waals surface area contributed by atoms with Crippen molar-refractivity contribution in [3.05, 3.63) is 68.7 Å². The molecule has 0 aromatic heterocycles. The number of hydrogen-bond donors (Lipinski definition) is 2. The Morgan fingerprint density at radius 3 is 2.40 bits per heavy atom. The molecule has 0 aliphatic heterocycles. The summed E-state index contributed by atoms with van der Waals surface area (Å²) in [4.78, 5) is 28.2. The van der Waals surface area contributed by atoms with Crippen LogP contribution >= 0.6 is 34.8 Å². The molecule has 6 nitrogen and oxygen atoms in total. The van der Waals surface area contributed by atoms with Gasteiger partial charge >= 0.3 is 0 Å². The fourth-order valence-corrected chi connectivity index (χ4v) is 2.37. The van der Waals surface area contributed by atoms with Crippen molar-refractivity contribution in [3.8, 4) is 0 Å². The Morgan fingerprint density at radius 2 is 1.72 bits per heavy atom. The van der Waals surface area contributed by atoms with Gasteiger partial charge in [0.1, 0.15) is 0 Å². The van der Waals surface area contributed by atoms with Crippen molar-refractivity contribution in [2.75, 3.05) is 6.61 Å². The van der Waals surface area contributed by atoms with Crippen molar-refractivity contribution >= 4 is 52.8 Å². The third-order valence-corrected chi connectivity index (χ3v) is 3.75. The molecule has 2 aromatic rings. The molecule has 0 bridgehead atoms. The molecule has 2 rings (SSSR count). The predicted octanol–water partition coefficient (Wildman–Crippen LogP) is 3.46. The van der Waals surface area contributed by atoms with Gasteiger partial charge in [-0.05, 0) is 30.3 Å². The molecule has 0 saturated heterocycles. The van der Waals surface area contributed by atoms with Gasteiger partial charge in [-0.25, -0.2) is 0 Å². The number of carbonyl (C=O) groups excluding carboxylic acids is 2. The van der Waals surface area contributed by atoms with E-state index in [9.17, 15) is 9.59 Å². The molecule has 0 saturated carbocycles. The largest absolute Gasteiger partial charge is 0.386 e. The minimum atomic E-state index is -0.599. The van der Waals surface area contributed by atoms with Gasteiger partial charge in [-0.2, -0.15) is 0 Å². The minimum Gasteiger partial charge on any atom is -0.386 e. The van der Waals surface area contributed by atoms with Gasteiger partial charge in [-0.1, -0.05) is 52.1 Å². The van der Waals surface area contributed by atoms with Crippen LogP contribution in [0.3, 0.4) is 0 Å². The van der Waals surface area contributed by atoms with Crippen LogP contribution in [0.4, 0.5) is 0 Å². The molecule has 0 heterocycles. The van der Waals surface area contributed by atoms with E-state index in [-0.39, 0.29) is 0 Å². The van der Waals surface area contributed by atoms with E-state index >= 15 is 0 Å². The molecule has 130 valence electrons. The van der Waals surface area contributed by atoms with Gasteiger partial charge in [0.15, 0.2) is 6.61 Å². The molecule has 0 unspecified atom stereocenters. The molecule has 2 N–H and O–H groups in total. The summed E-state index contributed by atoms with van der Waals surface area (Å²) in [6.07, 6.45) is 1.29. The number of oxime groups is 1. The highest BCUT2D eigenvalue weighted by atomic mass is 35.5. The first-order chi connectivity index (χ1) is 12.0. The highest BCUT2D eigenvalue weighted by Crippen LogP contribution is 2.22. The van der Waals surface area contributed by atoms with Gasteiger partial charge < -0.3 is 4.84 Å². The van der Waals surface area contributed by atoms with Crippen LogP contribution in [0.15, 0.2) is 47.6 Å². The summed E-state index contributed by atoms with van der Waals surface area (Å²) in [5.41, 5.74) is 5.20. The van der Waals surface area contributed by atoms with Crippen molar-refractivity contribution in [2.24, 2.45) is 5.16 Å². The molecule has 0 aliphatic rings. The quantitative estimate of drug-likeness (QED) is 0.596. The van der Waals surface area contributed by atoms with E-state index in [1.54, 1.807) is 36.4 Å². The summed E-state index contributed by atoms with van der Waals surface area (Å²) in [6.45, 7) is -0.408. The summed E-state index contributed by atoms with van der Waals surface area (Å²) in [5, 5.41) is 4.83. The summed E-state index contributed by atoms with van der Waals surface area (Å²) >= 11 is 17.7. The number of nitrogens with zero attached hydrogens (tertiary/aromatic N) is 1. The first kappa shape index (κ1) is 19.1. The third-order valence-electron chi connectivity index (χ3n) is 2.85. The molecular formula is C16H12Cl3N3O3. The lowest BCUT2D eigenvalue weighted by molar-refractivity contribution is -0.126. The third kappa shape index (κ3) is 5.94. The maximum atomic E-state index is 11.8. The van der Waals surface area contributed by atoms with Crippen molar-refractivity contribution in [1.29, 1.82) is 0 Å².